The van der Waals surface area contributed by atoms with Gasteiger partial charge in [0.1, 0.15) is 5.69 Å². The van der Waals surface area contributed by atoms with Crippen molar-refractivity contribution in [3.05, 3.63) is 50.6 Å². The molecular formula is C16H19N5O2S. The Morgan fingerprint density at radius 3 is 2.88 bits per heavy atom. The highest BCUT2D eigenvalue weighted by molar-refractivity contribution is 7.15. The summed E-state index contributed by atoms with van der Waals surface area (Å²) in [5.74, 6) is -0.292. The van der Waals surface area contributed by atoms with Crippen LogP contribution in [0.2, 0.25) is 0 Å². The van der Waals surface area contributed by atoms with Crippen molar-refractivity contribution in [1.82, 2.24) is 24.5 Å². The molecule has 0 fully saturated rings. The Balaban J connectivity index is 1.72. The van der Waals surface area contributed by atoms with E-state index in [1.807, 2.05) is 18.5 Å². The van der Waals surface area contributed by atoms with Crippen molar-refractivity contribution in [3.63, 3.8) is 0 Å². The number of nitrogens with zero attached hydrogens (tertiary/aromatic N) is 4. The summed E-state index contributed by atoms with van der Waals surface area (Å²) in [5, 5.41) is 9.15. The van der Waals surface area contributed by atoms with E-state index in [4.69, 9.17) is 0 Å². The predicted molar refractivity (Wildman–Crippen MR) is 92.8 cm³/mol. The smallest absolute Gasteiger partial charge is 0.274 e. The maximum Gasteiger partial charge on any atom is 0.274 e. The molecule has 0 spiro atoms. The molecule has 3 rings (SSSR count). The first-order valence-corrected chi connectivity index (χ1v) is 8.67. The van der Waals surface area contributed by atoms with Crippen LogP contribution in [0.5, 0.6) is 0 Å². The second-order valence-corrected chi connectivity index (χ2v) is 6.39. The van der Waals surface area contributed by atoms with Crippen LogP contribution >= 0.6 is 11.3 Å². The molecule has 0 saturated heterocycles. The predicted octanol–water partition coefficient (Wildman–Crippen LogP) is 1.56. The zero-order valence-corrected chi connectivity index (χ0v) is 14.7. The fourth-order valence-electron chi connectivity index (χ4n) is 2.85. The van der Waals surface area contributed by atoms with Gasteiger partial charge in [0.15, 0.2) is 4.96 Å². The summed E-state index contributed by atoms with van der Waals surface area (Å²) in [5.41, 5.74) is 3.30. The number of hydrogen-bond acceptors (Lipinski definition) is 5. The fourth-order valence-corrected chi connectivity index (χ4v) is 3.57. The second kappa shape index (κ2) is 6.56. The van der Waals surface area contributed by atoms with Gasteiger partial charge in [-0.2, -0.15) is 10.1 Å². The molecule has 0 aliphatic carbocycles. The maximum absolute atomic E-state index is 12.4. The number of hydrogen-bond donors (Lipinski definition) is 1. The van der Waals surface area contributed by atoms with E-state index >= 15 is 0 Å². The summed E-state index contributed by atoms with van der Waals surface area (Å²) in [6, 6.07) is 1.26. The first-order chi connectivity index (χ1) is 11.5. The van der Waals surface area contributed by atoms with Crippen molar-refractivity contribution in [2.75, 3.05) is 6.54 Å². The number of amides is 1. The Hall–Kier alpha value is -2.48. The summed E-state index contributed by atoms with van der Waals surface area (Å²) in [6.07, 6.45) is 2.68. The molecule has 0 saturated carbocycles. The van der Waals surface area contributed by atoms with Gasteiger partial charge in [0.2, 0.25) is 0 Å². The van der Waals surface area contributed by atoms with E-state index in [1.54, 1.807) is 16.0 Å². The molecule has 3 aromatic heterocycles. The monoisotopic (exact) mass is 345 g/mol. The van der Waals surface area contributed by atoms with E-state index in [1.165, 1.54) is 23.0 Å². The van der Waals surface area contributed by atoms with E-state index in [0.29, 0.717) is 23.7 Å². The van der Waals surface area contributed by atoms with Gasteiger partial charge in [-0.1, -0.05) is 6.92 Å². The van der Waals surface area contributed by atoms with Gasteiger partial charge in [-0.25, -0.2) is 0 Å². The number of carbonyl (C=O) groups is 1. The summed E-state index contributed by atoms with van der Waals surface area (Å²) < 4.78 is 3.53. The highest BCUT2D eigenvalue weighted by Gasteiger charge is 2.13. The van der Waals surface area contributed by atoms with E-state index in [-0.39, 0.29) is 5.91 Å². The number of fused-ring (bicyclic) bond motifs is 1. The van der Waals surface area contributed by atoms with Crippen LogP contribution in [0.3, 0.4) is 0 Å². The standard InChI is InChI=1S/C16H19N5O2S/c1-4-12-10(2)19-21(11(12)3)6-5-17-15(23)13-9-14(22)18-16-20(13)7-8-24-16/h7-9H,4-6H2,1-3H3,(H,17,23). The van der Waals surface area contributed by atoms with Crippen LogP contribution < -0.4 is 10.9 Å². The Labute approximate surface area is 143 Å². The Morgan fingerprint density at radius 1 is 1.38 bits per heavy atom. The number of aromatic nitrogens is 4. The van der Waals surface area contributed by atoms with Crippen molar-refractivity contribution in [3.8, 4) is 0 Å². The van der Waals surface area contributed by atoms with Crippen molar-refractivity contribution < 1.29 is 4.79 Å². The summed E-state index contributed by atoms with van der Waals surface area (Å²) in [4.78, 5) is 28.4. The molecule has 0 aromatic carbocycles. The molecular weight excluding hydrogens is 326 g/mol. The lowest BCUT2D eigenvalue weighted by atomic mass is 10.1. The normalized spacial score (nSPS) is 11.1. The van der Waals surface area contributed by atoms with Crippen LogP contribution in [0.1, 0.15) is 34.4 Å². The van der Waals surface area contributed by atoms with E-state index in [0.717, 1.165) is 17.8 Å². The lowest BCUT2D eigenvalue weighted by Crippen LogP contribution is -2.30. The summed E-state index contributed by atoms with van der Waals surface area (Å²) in [7, 11) is 0. The maximum atomic E-state index is 12.4. The summed E-state index contributed by atoms with van der Waals surface area (Å²) >= 11 is 1.32. The third-order valence-electron chi connectivity index (χ3n) is 4.04. The van der Waals surface area contributed by atoms with Crippen LogP contribution in [-0.4, -0.2) is 31.6 Å². The largest absolute Gasteiger partial charge is 0.349 e. The van der Waals surface area contributed by atoms with E-state index in [2.05, 4.69) is 22.3 Å². The van der Waals surface area contributed by atoms with Gasteiger partial charge < -0.3 is 5.32 Å². The molecule has 7 nitrogen and oxygen atoms in total. The first-order valence-electron chi connectivity index (χ1n) is 7.79. The minimum atomic E-state index is -0.409. The second-order valence-electron chi connectivity index (χ2n) is 5.52. The zero-order chi connectivity index (χ0) is 17.3. The molecule has 3 heterocycles. The minimum absolute atomic E-state index is 0.292. The third kappa shape index (κ3) is 2.96. The summed E-state index contributed by atoms with van der Waals surface area (Å²) in [6.45, 7) is 7.17. The van der Waals surface area contributed by atoms with E-state index < -0.39 is 5.56 Å². The van der Waals surface area contributed by atoms with Gasteiger partial charge in [0.25, 0.3) is 11.5 Å². The molecule has 0 unspecified atom stereocenters. The molecule has 0 aliphatic heterocycles. The first kappa shape index (κ1) is 16.4. The Morgan fingerprint density at radius 2 is 2.17 bits per heavy atom. The molecule has 126 valence electrons. The van der Waals surface area contributed by atoms with Gasteiger partial charge >= 0.3 is 0 Å². The van der Waals surface area contributed by atoms with Gasteiger partial charge in [0.05, 0.1) is 12.2 Å². The van der Waals surface area contributed by atoms with Gasteiger partial charge in [-0.15, -0.1) is 11.3 Å². The Kier molecular flexibility index (Phi) is 4.48. The Bertz CT molecular complexity index is 953. The van der Waals surface area contributed by atoms with Crippen LogP contribution in [0.25, 0.3) is 4.96 Å². The lowest BCUT2D eigenvalue weighted by Gasteiger charge is -2.08. The van der Waals surface area contributed by atoms with Gasteiger partial charge in [-0.3, -0.25) is 18.7 Å². The van der Waals surface area contributed by atoms with Crippen molar-refractivity contribution in [2.45, 2.75) is 33.7 Å². The SMILES string of the molecule is CCc1c(C)nn(CCNC(=O)c2cc(=O)nc3sccn23)c1C. The van der Waals surface area contributed by atoms with Crippen LogP contribution in [0.15, 0.2) is 22.4 Å². The van der Waals surface area contributed by atoms with Crippen molar-refractivity contribution in [1.29, 1.82) is 0 Å². The molecule has 8 heteroatoms. The fraction of sp³-hybridized carbons (Fsp3) is 0.375. The molecule has 0 bridgehead atoms. The average Bonchev–Trinajstić information content (AvgIpc) is 3.11. The minimum Gasteiger partial charge on any atom is -0.349 e. The van der Waals surface area contributed by atoms with Crippen LogP contribution in [0, 0.1) is 13.8 Å². The molecule has 1 N–H and O–H groups in total. The average molecular weight is 345 g/mol. The quantitative estimate of drug-likeness (QED) is 0.761. The molecule has 1 amide bonds. The molecule has 0 atom stereocenters. The van der Waals surface area contributed by atoms with E-state index in [9.17, 15) is 9.59 Å². The van der Waals surface area contributed by atoms with Gasteiger partial charge in [-0.05, 0) is 25.8 Å². The molecule has 24 heavy (non-hydrogen) atoms. The van der Waals surface area contributed by atoms with Crippen LogP contribution in [-0.2, 0) is 13.0 Å². The third-order valence-corrected chi connectivity index (χ3v) is 4.80. The zero-order valence-electron chi connectivity index (χ0n) is 13.9. The number of rotatable bonds is 5. The number of aryl methyl sites for hydroxylation is 1. The number of nitrogens with one attached hydrogen (secondary N) is 1. The molecule has 0 radical (unpaired) electrons. The number of thiazole rings is 1. The van der Waals surface area contributed by atoms with Gasteiger partial charge in [0, 0.05) is 29.9 Å². The lowest BCUT2D eigenvalue weighted by molar-refractivity contribution is 0.0945. The molecule has 0 aliphatic rings. The highest BCUT2D eigenvalue weighted by atomic mass is 32.1. The van der Waals surface area contributed by atoms with Crippen molar-refractivity contribution >= 4 is 22.2 Å². The highest BCUT2D eigenvalue weighted by Crippen LogP contribution is 2.13. The van der Waals surface area contributed by atoms with Crippen LogP contribution in [0.4, 0.5) is 0 Å². The van der Waals surface area contributed by atoms with Crippen molar-refractivity contribution in [2.24, 2.45) is 0 Å². The topological polar surface area (TPSA) is 81.3 Å². The number of carbonyl (C=O) groups excluding carboxylic acids is 1. The molecule has 3 aromatic rings.